The Labute approximate surface area is 111 Å². The third-order valence-corrected chi connectivity index (χ3v) is 3.62. The number of ether oxygens (including phenoxy) is 1. The van der Waals surface area contributed by atoms with Crippen LogP contribution in [0.5, 0.6) is 0 Å². The molecule has 2 heterocycles. The van der Waals surface area contributed by atoms with E-state index in [0.717, 1.165) is 19.4 Å². The molecule has 0 aromatic rings. The van der Waals surface area contributed by atoms with Crippen molar-refractivity contribution in [1.82, 2.24) is 10.2 Å². The standard InChI is InChI=1S/C12H20N2O5/c15-9-4-10(11(16)17)14(6-9)12(18)13-5-8-2-1-3-19-7-8/h8-10,15H,1-7H2,(H,13,18)(H,16,17)/t8?,9-,10-/m1/s1. The summed E-state index contributed by atoms with van der Waals surface area (Å²) in [7, 11) is 0. The smallest absolute Gasteiger partial charge is 0.326 e. The first-order valence-corrected chi connectivity index (χ1v) is 6.61. The van der Waals surface area contributed by atoms with Crippen LogP contribution in [-0.4, -0.2) is 65.6 Å². The molecule has 2 aliphatic heterocycles. The number of carbonyl (C=O) groups is 2. The third-order valence-electron chi connectivity index (χ3n) is 3.62. The second-order valence-corrected chi connectivity index (χ2v) is 5.17. The molecule has 2 aliphatic rings. The Morgan fingerprint density at radius 1 is 1.42 bits per heavy atom. The summed E-state index contributed by atoms with van der Waals surface area (Å²) in [6.07, 6.45) is 1.33. The maximum Gasteiger partial charge on any atom is 0.326 e. The van der Waals surface area contributed by atoms with Gasteiger partial charge in [0, 0.05) is 26.1 Å². The number of urea groups is 1. The van der Waals surface area contributed by atoms with Crippen LogP contribution >= 0.6 is 0 Å². The number of aliphatic hydroxyl groups is 1. The summed E-state index contributed by atoms with van der Waals surface area (Å²) in [4.78, 5) is 24.2. The Hall–Kier alpha value is -1.34. The van der Waals surface area contributed by atoms with E-state index in [1.807, 2.05) is 0 Å². The molecule has 0 radical (unpaired) electrons. The van der Waals surface area contributed by atoms with Crippen molar-refractivity contribution in [2.24, 2.45) is 5.92 Å². The van der Waals surface area contributed by atoms with E-state index < -0.39 is 24.1 Å². The number of rotatable bonds is 3. The summed E-state index contributed by atoms with van der Waals surface area (Å²) in [5.74, 6) is -0.791. The molecule has 2 saturated heterocycles. The number of carboxylic acid groups (broad SMARTS) is 1. The molecule has 2 rings (SSSR count). The Morgan fingerprint density at radius 3 is 2.84 bits per heavy atom. The third kappa shape index (κ3) is 3.57. The number of nitrogens with zero attached hydrogens (tertiary/aromatic N) is 1. The molecule has 7 heteroatoms. The molecular formula is C12H20N2O5. The molecule has 1 unspecified atom stereocenters. The van der Waals surface area contributed by atoms with Gasteiger partial charge >= 0.3 is 12.0 Å². The van der Waals surface area contributed by atoms with Crippen molar-refractivity contribution in [2.45, 2.75) is 31.4 Å². The quantitative estimate of drug-likeness (QED) is 0.652. The van der Waals surface area contributed by atoms with Gasteiger partial charge in [0.25, 0.3) is 0 Å². The maximum absolute atomic E-state index is 11.9. The first kappa shape index (κ1) is 14.1. The van der Waals surface area contributed by atoms with E-state index in [0.29, 0.717) is 13.2 Å². The second-order valence-electron chi connectivity index (χ2n) is 5.17. The highest BCUT2D eigenvalue weighted by atomic mass is 16.5. The number of amides is 2. The van der Waals surface area contributed by atoms with Crippen LogP contribution in [0.1, 0.15) is 19.3 Å². The van der Waals surface area contributed by atoms with E-state index in [1.165, 1.54) is 4.90 Å². The van der Waals surface area contributed by atoms with Gasteiger partial charge in [-0.05, 0) is 18.8 Å². The molecule has 0 aromatic carbocycles. The zero-order chi connectivity index (χ0) is 13.8. The number of hydrogen-bond donors (Lipinski definition) is 3. The van der Waals surface area contributed by atoms with Crippen molar-refractivity contribution in [3.05, 3.63) is 0 Å². The lowest BCUT2D eigenvalue weighted by Gasteiger charge is -2.25. The number of carbonyl (C=O) groups excluding carboxylic acids is 1. The fourth-order valence-electron chi connectivity index (χ4n) is 2.57. The Bertz CT molecular complexity index is 343. The predicted molar refractivity (Wildman–Crippen MR) is 65.7 cm³/mol. The van der Waals surface area contributed by atoms with E-state index in [-0.39, 0.29) is 18.9 Å². The van der Waals surface area contributed by atoms with Gasteiger partial charge in [-0.15, -0.1) is 0 Å². The van der Waals surface area contributed by atoms with Gasteiger partial charge in [0.05, 0.1) is 12.7 Å². The summed E-state index contributed by atoms with van der Waals surface area (Å²) < 4.78 is 5.32. The van der Waals surface area contributed by atoms with Crippen molar-refractivity contribution in [1.29, 1.82) is 0 Å². The minimum Gasteiger partial charge on any atom is -0.480 e. The van der Waals surface area contributed by atoms with Gasteiger partial charge in [0.1, 0.15) is 6.04 Å². The van der Waals surface area contributed by atoms with Crippen LogP contribution in [0, 0.1) is 5.92 Å². The zero-order valence-corrected chi connectivity index (χ0v) is 10.7. The highest BCUT2D eigenvalue weighted by Crippen LogP contribution is 2.18. The normalized spacial score (nSPS) is 31.2. The Morgan fingerprint density at radius 2 is 2.21 bits per heavy atom. The molecule has 2 fully saturated rings. The van der Waals surface area contributed by atoms with Gasteiger partial charge < -0.3 is 25.2 Å². The second kappa shape index (κ2) is 6.21. The number of hydrogen-bond acceptors (Lipinski definition) is 4. The fourth-order valence-corrected chi connectivity index (χ4v) is 2.57. The van der Waals surface area contributed by atoms with Crippen LogP contribution in [0.25, 0.3) is 0 Å². The van der Waals surface area contributed by atoms with Crippen LogP contribution in [0.2, 0.25) is 0 Å². The molecule has 19 heavy (non-hydrogen) atoms. The summed E-state index contributed by atoms with van der Waals surface area (Å²) in [5, 5.41) is 21.2. The van der Waals surface area contributed by atoms with E-state index in [2.05, 4.69) is 5.32 Å². The highest BCUT2D eigenvalue weighted by Gasteiger charge is 2.39. The van der Waals surface area contributed by atoms with Crippen molar-refractivity contribution in [2.75, 3.05) is 26.3 Å². The lowest BCUT2D eigenvalue weighted by atomic mass is 10.0. The summed E-state index contributed by atoms with van der Waals surface area (Å²) >= 11 is 0. The minimum atomic E-state index is -1.08. The summed E-state index contributed by atoms with van der Waals surface area (Å²) in [5.41, 5.74) is 0. The SMILES string of the molecule is O=C(O)[C@H]1C[C@@H](O)CN1C(=O)NCC1CCCOC1. The molecule has 0 bridgehead atoms. The summed E-state index contributed by atoms with van der Waals surface area (Å²) in [6, 6.07) is -1.35. The Kier molecular flexibility index (Phi) is 4.60. The van der Waals surface area contributed by atoms with E-state index in [1.54, 1.807) is 0 Å². The van der Waals surface area contributed by atoms with Crippen LogP contribution < -0.4 is 5.32 Å². The molecule has 2 amide bonds. The average Bonchev–Trinajstić information content (AvgIpc) is 2.79. The maximum atomic E-state index is 11.9. The van der Waals surface area contributed by atoms with Gasteiger partial charge in [0.15, 0.2) is 0 Å². The van der Waals surface area contributed by atoms with E-state index in [4.69, 9.17) is 9.84 Å². The number of nitrogens with one attached hydrogen (secondary N) is 1. The molecule has 0 spiro atoms. The number of aliphatic carboxylic acids is 1. The zero-order valence-electron chi connectivity index (χ0n) is 10.7. The molecule has 7 nitrogen and oxygen atoms in total. The van der Waals surface area contributed by atoms with Crippen LogP contribution in [-0.2, 0) is 9.53 Å². The number of likely N-dealkylation sites (tertiary alicyclic amines) is 1. The van der Waals surface area contributed by atoms with Gasteiger partial charge in [-0.3, -0.25) is 0 Å². The van der Waals surface area contributed by atoms with Crippen molar-refractivity contribution < 1.29 is 24.5 Å². The van der Waals surface area contributed by atoms with E-state index in [9.17, 15) is 14.7 Å². The number of aliphatic hydroxyl groups excluding tert-OH is 1. The van der Waals surface area contributed by atoms with Gasteiger partial charge in [-0.25, -0.2) is 9.59 Å². The fraction of sp³-hybridized carbons (Fsp3) is 0.833. The molecule has 3 N–H and O–H groups in total. The number of β-amino-alcohol motifs (C(OH)–C–C–N with tert-alkyl or cyclic N) is 1. The van der Waals surface area contributed by atoms with Gasteiger partial charge in [-0.2, -0.15) is 0 Å². The van der Waals surface area contributed by atoms with E-state index >= 15 is 0 Å². The van der Waals surface area contributed by atoms with Crippen molar-refractivity contribution in [3.63, 3.8) is 0 Å². The first-order valence-electron chi connectivity index (χ1n) is 6.61. The minimum absolute atomic E-state index is 0.0734. The molecule has 0 aliphatic carbocycles. The molecular weight excluding hydrogens is 252 g/mol. The monoisotopic (exact) mass is 272 g/mol. The topological polar surface area (TPSA) is 99.1 Å². The molecule has 0 aromatic heterocycles. The van der Waals surface area contributed by atoms with Crippen LogP contribution in [0.15, 0.2) is 0 Å². The highest BCUT2D eigenvalue weighted by molar-refractivity contribution is 5.83. The van der Waals surface area contributed by atoms with Crippen LogP contribution in [0.4, 0.5) is 4.79 Å². The lowest BCUT2D eigenvalue weighted by molar-refractivity contribution is -0.141. The molecule has 108 valence electrons. The lowest BCUT2D eigenvalue weighted by Crippen LogP contribution is -2.47. The predicted octanol–water partition coefficient (Wildman–Crippen LogP) is -0.358. The van der Waals surface area contributed by atoms with Gasteiger partial charge in [-0.1, -0.05) is 0 Å². The number of carboxylic acids is 1. The Balaban J connectivity index is 1.82. The molecule has 0 saturated carbocycles. The summed E-state index contributed by atoms with van der Waals surface area (Å²) in [6.45, 7) is 1.96. The van der Waals surface area contributed by atoms with Crippen molar-refractivity contribution >= 4 is 12.0 Å². The van der Waals surface area contributed by atoms with Gasteiger partial charge in [0.2, 0.25) is 0 Å². The first-order chi connectivity index (χ1) is 9.08. The molecule has 3 atom stereocenters. The van der Waals surface area contributed by atoms with Crippen molar-refractivity contribution in [3.8, 4) is 0 Å². The average molecular weight is 272 g/mol. The van der Waals surface area contributed by atoms with Crippen LogP contribution in [0.3, 0.4) is 0 Å². The largest absolute Gasteiger partial charge is 0.480 e.